The molecule has 0 saturated heterocycles. The number of likely N-dealkylation sites (N-methyl/N-ethyl adjacent to an activating group) is 1. The first-order valence-electron chi connectivity index (χ1n) is 22.7. The van der Waals surface area contributed by atoms with Crippen molar-refractivity contribution in [3.63, 3.8) is 0 Å². The Labute approximate surface area is 345 Å². The summed E-state index contributed by atoms with van der Waals surface area (Å²) in [6, 6.07) is -0.871. The third-order valence-corrected chi connectivity index (χ3v) is 10.7. The van der Waals surface area contributed by atoms with Crippen LogP contribution in [0.15, 0.2) is 60.8 Å². The molecule has 56 heavy (non-hydrogen) atoms. The number of hydrogen-bond donors (Lipinski definition) is 3. The van der Waals surface area contributed by atoms with Crippen molar-refractivity contribution in [3.05, 3.63) is 60.8 Å². The number of carbonyl (C=O) groups is 1. The molecule has 0 aliphatic rings. The standard InChI is InChI=1S/C47H87N2O6P/c1-6-8-10-12-14-16-18-20-21-22-23-24-25-26-27-29-31-33-35-37-39-41-47(51)48-45(44-55-56(52,53)54-43-42-49(3,4)5)46(50)40-38-36-34-32-30-28-19-17-15-13-11-9-7-2/h18,20,22-23,25-26,30,32,38,40,45-46,50H,6-17,19,21,24,27-29,31,33-37,39,41-44H2,1-5H3,(H-,48,51,52,53)/p+1/b20-18-,23-22-,26-25-,32-30+,40-38+. The van der Waals surface area contributed by atoms with Crippen LogP contribution in [0.5, 0.6) is 0 Å². The van der Waals surface area contributed by atoms with Crippen molar-refractivity contribution >= 4 is 13.7 Å². The molecular weight excluding hydrogens is 719 g/mol. The maximum absolute atomic E-state index is 12.9. The van der Waals surface area contributed by atoms with Crippen molar-refractivity contribution in [2.45, 2.75) is 193 Å². The minimum absolute atomic E-state index is 0.0508. The molecule has 8 nitrogen and oxygen atoms in total. The molecule has 0 rings (SSSR count). The number of aliphatic hydroxyl groups is 1. The zero-order valence-electron chi connectivity index (χ0n) is 36.9. The summed E-state index contributed by atoms with van der Waals surface area (Å²) in [5.74, 6) is -0.203. The number of amides is 1. The first-order valence-corrected chi connectivity index (χ1v) is 24.2. The van der Waals surface area contributed by atoms with E-state index in [1.165, 1.54) is 96.3 Å². The van der Waals surface area contributed by atoms with Crippen molar-refractivity contribution in [1.82, 2.24) is 5.32 Å². The lowest BCUT2D eigenvalue weighted by Crippen LogP contribution is -2.45. The van der Waals surface area contributed by atoms with Crippen molar-refractivity contribution in [2.24, 2.45) is 0 Å². The van der Waals surface area contributed by atoms with Gasteiger partial charge in [-0.25, -0.2) is 4.57 Å². The average molecular weight is 808 g/mol. The molecule has 3 unspecified atom stereocenters. The summed E-state index contributed by atoms with van der Waals surface area (Å²) in [5.41, 5.74) is 0. The van der Waals surface area contributed by atoms with Crippen LogP contribution in [0.25, 0.3) is 0 Å². The van der Waals surface area contributed by atoms with Gasteiger partial charge >= 0.3 is 7.82 Å². The second-order valence-corrected chi connectivity index (χ2v) is 17.9. The van der Waals surface area contributed by atoms with Gasteiger partial charge in [-0.2, -0.15) is 0 Å². The number of nitrogens with one attached hydrogen (secondary N) is 1. The van der Waals surface area contributed by atoms with E-state index in [2.05, 4.69) is 67.8 Å². The number of phosphoric ester groups is 1. The Morgan fingerprint density at radius 2 is 1.04 bits per heavy atom. The van der Waals surface area contributed by atoms with E-state index >= 15 is 0 Å². The minimum atomic E-state index is -4.35. The fraction of sp³-hybridized carbons (Fsp3) is 0.766. The maximum atomic E-state index is 12.9. The molecule has 0 aromatic heterocycles. The quantitative estimate of drug-likeness (QED) is 0.0246. The third-order valence-electron chi connectivity index (χ3n) is 9.71. The van der Waals surface area contributed by atoms with E-state index in [4.69, 9.17) is 9.05 Å². The van der Waals surface area contributed by atoms with Gasteiger partial charge in [0.2, 0.25) is 5.91 Å². The lowest BCUT2D eigenvalue weighted by Gasteiger charge is -2.25. The van der Waals surface area contributed by atoms with Gasteiger partial charge in [-0.05, 0) is 70.6 Å². The van der Waals surface area contributed by atoms with E-state index in [-0.39, 0.29) is 19.1 Å². The summed E-state index contributed by atoms with van der Waals surface area (Å²) in [4.78, 5) is 23.1. The Morgan fingerprint density at radius 3 is 1.55 bits per heavy atom. The van der Waals surface area contributed by atoms with Crippen molar-refractivity contribution in [3.8, 4) is 0 Å². The van der Waals surface area contributed by atoms with Crippen LogP contribution < -0.4 is 5.32 Å². The number of hydrogen-bond acceptors (Lipinski definition) is 5. The smallest absolute Gasteiger partial charge is 0.387 e. The number of carbonyl (C=O) groups excluding carboxylic acids is 1. The molecule has 326 valence electrons. The monoisotopic (exact) mass is 808 g/mol. The molecule has 0 heterocycles. The van der Waals surface area contributed by atoms with E-state index in [1.807, 2.05) is 27.2 Å². The summed E-state index contributed by atoms with van der Waals surface area (Å²) >= 11 is 0. The Kier molecular flexibility index (Phi) is 37.5. The van der Waals surface area contributed by atoms with Gasteiger partial charge in [-0.3, -0.25) is 13.8 Å². The molecule has 9 heteroatoms. The normalized spacial score (nSPS) is 14.9. The van der Waals surface area contributed by atoms with Gasteiger partial charge in [-0.15, -0.1) is 0 Å². The first-order chi connectivity index (χ1) is 27.0. The van der Waals surface area contributed by atoms with Gasteiger partial charge < -0.3 is 19.8 Å². The molecule has 0 aliphatic carbocycles. The van der Waals surface area contributed by atoms with Crippen molar-refractivity contribution < 1.29 is 32.9 Å². The molecule has 0 fully saturated rings. The number of rotatable bonds is 40. The van der Waals surface area contributed by atoms with E-state index in [0.717, 1.165) is 64.2 Å². The molecule has 0 aliphatic heterocycles. The van der Waals surface area contributed by atoms with Crippen LogP contribution in [0, 0.1) is 0 Å². The number of quaternary nitrogens is 1. The highest BCUT2D eigenvalue weighted by molar-refractivity contribution is 7.47. The second kappa shape index (κ2) is 38.7. The zero-order chi connectivity index (χ0) is 41.4. The van der Waals surface area contributed by atoms with Gasteiger partial charge in [0.15, 0.2) is 0 Å². The molecule has 3 N–H and O–H groups in total. The topological polar surface area (TPSA) is 105 Å². The zero-order valence-corrected chi connectivity index (χ0v) is 37.8. The van der Waals surface area contributed by atoms with E-state index < -0.39 is 20.0 Å². The Bertz CT molecular complexity index is 1100. The predicted molar refractivity (Wildman–Crippen MR) is 240 cm³/mol. The molecule has 0 aromatic carbocycles. The minimum Gasteiger partial charge on any atom is -0.387 e. The van der Waals surface area contributed by atoms with Crippen LogP contribution >= 0.6 is 7.82 Å². The summed E-state index contributed by atoms with van der Waals surface area (Å²) in [6.45, 7) is 4.74. The van der Waals surface area contributed by atoms with Crippen LogP contribution in [0.2, 0.25) is 0 Å². The predicted octanol–water partition coefficient (Wildman–Crippen LogP) is 12.6. The summed E-state index contributed by atoms with van der Waals surface area (Å²) in [7, 11) is 1.54. The summed E-state index contributed by atoms with van der Waals surface area (Å²) in [6.07, 6.45) is 50.0. The maximum Gasteiger partial charge on any atom is 0.472 e. The van der Waals surface area contributed by atoms with Gasteiger partial charge in [-0.1, -0.05) is 164 Å². The largest absolute Gasteiger partial charge is 0.472 e. The molecule has 0 aromatic rings. The molecule has 1 amide bonds. The molecule has 3 atom stereocenters. The molecular formula is C47H88N2O6P+. The van der Waals surface area contributed by atoms with Crippen molar-refractivity contribution in [1.29, 1.82) is 0 Å². The van der Waals surface area contributed by atoms with Crippen LogP contribution in [-0.4, -0.2) is 73.4 Å². The van der Waals surface area contributed by atoms with E-state index in [1.54, 1.807) is 6.08 Å². The number of allylic oxidation sites excluding steroid dienone is 9. The highest BCUT2D eigenvalue weighted by Gasteiger charge is 2.27. The Balaban J connectivity index is 4.45. The van der Waals surface area contributed by atoms with Crippen molar-refractivity contribution in [2.75, 3.05) is 40.9 Å². The average Bonchev–Trinajstić information content (AvgIpc) is 3.15. The summed E-state index contributed by atoms with van der Waals surface area (Å²) in [5, 5.41) is 13.8. The number of unbranched alkanes of at least 4 members (excludes halogenated alkanes) is 19. The number of nitrogens with zero attached hydrogens (tertiary/aromatic N) is 1. The van der Waals surface area contributed by atoms with Gasteiger partial charge in [0.25, 0.3) is 0 Å². The lowest BCUT2D eigenvalue weighted by molar-refractivity contribution is -0.870. The second-order valence-electron chi connectivity index (χ2n) is 16.4. The van der Waals surface area contributed by atoms with Crippen LogP contribution in [0.3, 0.4) is 0 Å². The lowest BCUT2D eigenvalue weighted by atomic mass is 10.1. The fourth-order valence-electron chi connectivity index (χ4n) is 6.06. The van der Waals surface area contributed by atoms with E-state index in [0.29, 0.717) is 17.4 Å². The SMILES string of the molecule is CCCCCCC/C=C\C/C=C\C/C=C\CCCCCCCCC(=O)NC(COP(=O)(O)OCC[N+](C)(C)C)C(O)/C=C/CC/C=C/CCCCCCCCC. The van der Waals surface area contributed by atoms with Gasteiger partial charge in [0.05, 0.1) is 39.9 Å². The molecule has 0 radical (unpaired) electrons. The van der Waals surface area contributed by atoms with Crippen LogP contribution in [0.4, 0.5) is 0 Å². The highest BCUT2D eigenvalue weighted by Crippen LogP contribution is 2.43. The molecule has 0 saturated carbocycles. The fourth-order valence-corrected chi connectivity index (χ4v) is 6.80. The van der Waals surface area contributed by atoms with Crippen LogP contribution in [0.1, 0.15) is 181 Å². The number of phosphoric acid groups is 1. The van der Waals surface area contributed by atoms with E-state index in [9.17, 15) is 19.4 Å². The third kappa shape index (κ3) is 40.4. The molecule has 0 spiro atoms. The molecule has 0 bridgehead atoms. The van der Waals surface area contributed by atoms with Gasteiger partial charge in [0.1, 0.15) is 13.2 Å². The Morgan fingerprint density at radius 1 is 0.607 bits per heavy atom. The Hall–Kier alpha value is -1.80. The van der Waals surface area contributed by atoms with Gasteiger partial charge in [0, 0.05) is 6.42 Å². The van der Waals surface area contributed by atoms with Crippen LogP contribution in [-0.2, 0) is 18.4 Å². The highest BCUT2D eigenvalue weighted by atomic mass is 31.2. The first kappa shape index (κ1) is 54.2. The number of aliphatic hydroxyl groups excluding tert-OH is 1. The summed E-state index contributed by atoms with van der Waals surface area (Å²) < 4.78 is 23.5.